The predicted molar refractivity (Wildman–Crippen MR) is 98.8 cm³/mol. The number of amides is 1. The number of nitrogens with zero attached hydrogens (tertiary/aromatic N) is 1. The zero-order chi connectivity index (χ0) is 19.9. The van der Waals surface area contributed by atoms with E-state index in [2.05, 4.69) is 15.0 Å². The van der Waals surface area contributed by atoms with Crippen molar-refractivity contribution in [3.63, 3.8) is 0 Å². The fourth-order valence-electron chi connectivity index (χ4n) is 2.51. The number of ether oxygens (including phenoxy) is 1. The average molecular weight is 380 g/mol. The highest BCUT2D eigenvalue weighted by molar-refractivity contribution is 5.90. The lowest BCUT2D eigenvalue weighted by Crippen LogP contribution is -2.18. The third kappa shape index (κ3) is 7.70. The molecule has 1 amide bonds. The number of anilines is 1. The third-order valence-corrected chi connectivity index (χ3v) is 3.91. The van der Waals surface area contributed by atoms with E-state index < -0.39 is 6.36 Å². The van der Waals surface area contributed by atoms with Crippen LogP contribution in [0.3, 0.4) is 0 Å². The Morgan fingerprint density at radius 1 is 1.04 bits per heavy atom. The van der Waals surface area contributed by atoms with Gasteiger partial charge in [0.15, 0.2) is 0 Å². The lowest BCUT2D eigenvalue weighted by atomic mass is 10.1. The third-order valence-electron chi connectivity index (χ3n) is 3.91. The number of carbonyl (C=O) groups excluding carboxylic acids is 1. The van der Waals surface area contributed by atoms with Gasteiger partial charge in [0, 0.05) is 18.7 Å². The van der Waals surface area contributed by atoms with Crippen LogP contribution in [0.5, 0.6) is 5.75 Å². The number of hydrogen-bond donors (Lipinski definition) is 1. The quantitative estimate of drug-likeness (QED) is 0.744. The smallest absolute Gasteiger partial charge is 0.406 e. The second-order valence-corrected chi connectivity index (χ2v) is 6.45. The Morgan fingerprint density at radius 3 is 2.33 bits per heavy atom. The van der Waals surface area contributed by atoms with Gasteiger partial charge in [-0.1, -0.05) is 30.3 Å². The van der Waals surface area contributed by atoms with Crippen molar-refractivity contribution in [3.8, 4) is 5.75 Å². The van der Waals surface area contributed by atoms with Gasteiger partial charge >= 0.3 is 6.36 Å². The maximum Gasteiger partial charge on any atom is 0.573 e. The van der Waals surface area contributed by atoms with Gasteiger partial charge in [0.1, 0.15) is 5.75 Å². The van der Waals surface area contributed by atoms with E-state index in [9.17, 15) is 18.0 Å². The number of carbonyl (C=O) groups is 1. The number of nitrogens with one attached hydrogen (secondary N) is 1. The molecule has 0 atom stereocenters. The molecule has 0 aromatic heterocycles. The lowest BCUT2D eigenvalue weighted by Gasteiger charge is -2.13. The monoisotopic (exact) mass is 380 g/mol. The van der Waals surface area contributed by atoms with E-state index in [1.807, 2.05) is 38.4 Å². The predicted octanol–water partition coefficient (Wildman–Crippen LogP) is 4.26. The number of halogens is 3. The highest BCUT2D eigenvalue weighted by Gasteiger charge is 2.31. The fourth-order valence-corrected chi connectivity index (χ4v) is 2.51. The molecule has 0 aliphatic heterocycles. The van der Waals surface area contributed by atoms with E-state index in [-0.39, 0.29) is 24.5 Å². The molecule has 0 bridgehead atoms. The van der Waals surface area contributed by atoms with Crippen LogP contribution in [0, 0.1) is 0 Å². The number of hydrogen-bond acceptors (Lipinski definition) is 3. The number of rotatable bonds is 8. The van der Waals surface area contributed by atoms with Gasteiger partial charge in [0.05, 0.1) is 0 Å². The molecular weight excluding hydrogens is 357 g/mol. The van der Waals surface area contributed by atoms with Crippen molar-refractivity contribution < 1.29 is 22.7 Å². The summed E-state index contributed by atoms with van der Waals surface area (Å²) in [5, 5.41) is 2.76. The molecule has 0 radical (unpaired) electrons. The second kappa shape index (κ2) is 9.41. The molecule has 27 heavy (non-hydrogen) atoms. The Morgan fingerprint density at radius 2 is 1.70 bits per heavy atom. The highest BCUT2D eigenvalue weighted by Crippen LogP contribution is 2.27. The largest absolute Gasteiger partial charge is 0.573 e. The zero-order valence-electron chi connectivity index (χ0n) is 15.3. The maximum absolute atomic E-state index is 12.4. The summed E-state index contributed by atoms with van der Waals surface area (Å²) in [4.78, 5) is 14.2. The molecule has 0 aliphatic carbocycles. The van der Waals surface area contributed by atoms with Crippen LogP contribution < -0.4 is 10.1 Å². The molecule has 0 aliphatic rings. The number of aryl methyl sites for hydroxylation is 1. The molecular formula is C20H23F3N2O2. The standard InChI is InChI=1S/C20H23F3N2O2/c1-25(2)14-13-15-7-10-17(11-8-15)24-19(26)12-9-16-5-3-4-6-18(16)27-20(21,22)23/h3-8,10-11H,9,12-14H2,1-2H3,(H,24,26). The first-order chi connectivity index (χ1) is 12.7. The van der Waals surface area contributed by atoms with Gasteiger partial charge in [-0.05, 0) is 56.3 Å². The van der Waals surface area contributed by atoms with Gasteiger partial charge in [-0.2, -0.15) is 0 Å². The molecule has 1 N–H and O–H groups in total. The maximum atomic E-state index is 12.4. The Kier molecular flexibility index (Phi) is 7.24. The summed E-state index contributed by atoms with van der Waals surface area (Å²) in [6.07, 6.45) is -3.64. The Hall–Kier alpha value is -2.54. The summed E-state index contributed by atoms with van der Waals surface area (Å²) in [5.41, 5.74) is 2.16. The molecule has 0 heterocycles. The Labute approximate surface area is 156 Å². The number of alkyl halides is 3. The van der Waals surface area contributed by atoms with Gasteiger partial charge in [-0.3, -0.25) is 4.79 Å². The summed E-state index contributed by atoms with van der Waals surface area (Å²) >= 11 is 0. The molecule has 7 heteroatoms. The van der Waals surface area contributed by atoms with Crippen molar-refractivity contribution >= 4 is 11.6 Å². The summed E-state index contributed by atoms with van der Waals surface area (Å²) in [7, 11) is 4.01. The van der Waals surface area contributed by atoms with Gasteiger partial charge in [-0.15, -0.1) is 13.2 Å². The molecule has 4 nitrogen and oxygen atoms in total. The molecule has 0 fully saturated rings. The molecule has 2 rings (SSSR count). The summed E-state index contributed by atoms with van der Waals surface area (Å²) in [6, 6.07) is 13.4. The van der Waals surface area contributed by atoms with Crippen molar-refractivity contribution in [2.75, 3.05) is 26.0 Å². The van der Waals surface area contributed by atoms with E-state index >= 15 is 0 Å². The molecule has 2 aromatic carbocycles. The second-order valence-electron chi connectivity index (χ2n) is 6.45. The minimum Gasteiger partial charge on any atom is -0.406 e. The minimum absolute atomic E-state index is 0.0562. The van der Waals surface area contributed by atoms with Gasteiger partial charge in [0.25, 0.3) is 0 Å². The number of para-hydroxylation sites is 1. The van der Waals surface area contributed by atoms with Crippen molar-refractivity contribution in [3.05, 3.63) is 59.7 Å². The van der Waals surface area contributed by atoms with Crippen molar-refractivity contribution in [1.82, 2.24) is 4.90 Å². The Bertz CT molecular complexity index is 744. The average Bonchev–Trinajstić information content (AvgIpc) is 2.59. The zero-order valence-corrected chi connectivity index (χ0v) is 15.3. The van der Waals surface area contributed by atoms with Crippen LogP contribution in [0.1, 0.15) is 17.5 Å². The molecule has 0 spiro atoms. The van der Waals surface area contributed by atoms with E-state index in [4.69, 9.17) is 0 Å². The van der Waals surface area contributed by atoms with Gasteiger partial charge < -0.3 is 15.0 Å². The van der Waals surface area contributed by atoms with Crippen LogP contribution in [0.15, 0.2) is 48.5 Å². The number of benzene rings is 2. The van der Waals surface area contributed by atoms with Crippen LogP contribution in [-0.4, -0.2) is 37.8 Å². The molecule has 0 unspecified atom stereocenters. The van der Waals surface area contributed by atoms with E-state index in [1.54, 1.807) is 6.07 Å². The van der Waals surface area contributed by atoms with Crippen molar-refractivity contribution in [1.29, 1.82) is 0 Å². The SMILES string of the molecule is CN(C)CCc1ccc(NC(=O)CCc2ccccc2OC(F)(F)F)cc1. The first-order valence-electron chi connectivity index (χ1n) is 8.60. The fraction of sp³-hybridized carbons (Fsp3) is 0.350. The molecule has 2 aromatic rings. The van der Waals surface area contributed by atoms with Crippen LogP contribution in [-0.2, 0) is 17.6 Å². The topological polar surface area (TPSA) is 41.6 Å². The van der Waals surface area contributed by atoms with Crippen LogP contribution in [0.2, 0.25) is 0 Å². The van der Waals surface area contributed by atoms with E-state index in [1.165, 1.54) is 23.8 Å². The first kappa shape index (κ1) is 20.8. The minimum atomic E-state index is -4.76. The summed E-state index contributed by atoms with van der Waals surface area (Å²) in [5.74, 6) is -0.541. The van der Waals surface area contributed by atoms with Crippen LogP contribution >= 0.6 is 0 Å². The first-order valence-corrected chi connectivity index (χ1v) is 8.60. The van der Waals surface area contributed by atoms with Crippen molar-refractivity contribution in [2.45, 2.75) is 25.6 Å². The van der Waals surface area contributed by atoms with Crippen molar-refractivity contribution in [2.24, 2.45) is 0 Å². The molecule has 0 saturated heterocycles. The van der Waals surface area contributed by atoms with Gasteiger partial charge in [0.2, 0.25) is 5.91 Å². The Balaban J connectivity index is 1.88. The summed E-state index contributed by atoms with van der Waals surface area (Å²) in [6.45, 7) is 0.936. The van der Waals surface area contributed by atoms with E-state index in [0.29, 0.717) is 11.3 Å². The molecule has 0 saturated carbocycles. The van der Waals surface area contributed by atoms with E-state index in [0.717, 1.165) is 13.0 Å². The summed E-state index contributed by atoms with van der Waals surface area (Å²) < 4.78 is 41.3. The molecule has 146 valence electrons. The van der Waals surface area contributed by atoms with Gasteiger partial charge in [-0.25, -0.2) is 0 Å². The number of likely N-dealkylation sites (N-methyl/N-ethyl adjacent to an activating group) is 1. The highest BCUT2D eigenvalue weighted by atomic mass is 19.4. The van der Waals surface area contributed by atoms with Crippen LogP contribution in [0.25, 0.3) is 0 Å². The van der Waals surface area contributed by atoms with Crippen LogP contribution in [0.4, 0.5) is 18.9 Å². The normalized spacial score (nSPS) is 11.5. The lowest BCUT2D eigenvalue weighted by molar-refractivity contribution is -0.274.